The zero-order chi connectivity index (χ0) is 15.2. The number of benzene rings is 2. The van der Waals surface area contributed by atoms with Gasteiger partial charge in [-0.25, -0.2) is 0 Å². The van der Waals surface area contributed by atoms with Gasteiger partial charge in [0.1, 0.15) is 5.75 Å². The number of halogens is 1. The summed E-state index contributed by atoms with van der Waals surface area (Å²) in [6.45, 7) is 2.12. The summed E-state index contributed by atoms with van der Waals surface area (Å²) < 4.78 is 6.55. The summed E-state index contributed by atoms with van der Waals surface area (Å²) in [7, 11) is 3.74. The fourth-order valence-corrected chi connectivity index (χ4v) is 2.87. The molecule has 2 aromatic rings. The summed E-state index contributed by atoms with van der Waals surface area (Å²) in [5.41, 5.74) is 3.88. The molecule has 0 fully saturated rings. The molecule has 2 nitrogen and oxygen atoms in total. The van der Waals surface area contributed by atoms with Gasteiger partial charge in [-0.3, -0.25) is 0 Å². The number of likely N-dealkylation sites (N-methyl/N-ethyl adjacent to an activating group) is 1. The molecule has 2 aromatic carbocycles. The van der Waals surface area contributed by atoms with Crippen molar-refractivity contribution in [2.24, 2.45) is 0 Å². The van der Waals surface area contributed by atoms with Gasteiger partial charge in [-0.15, -0.1) is 0 Å². The minimum atomic E-state index is 0.385. The van der Waals surface area contributed by atoms with Crippen molar-refractivity contribution in [3.63, 3.8) is 0 Å². The Bertz CT molecular complexity index is 580. The third kappa shape index (κ3) is 4.58. The Labute approximate surface area is 135 Å². The number of rotatable bonds is 6. The topological polar surface area (TPSA) is 21.3 Å². The molecule has 112 valence electrons. The van der Waals surface area contributed by atoms with Crippen molar-refractivity contribution in [2.75, 3.05) is 14.2 Å². The fourth-order valence-electron chi connectivity index (χ4n) is 2.46. The highest BCUT2D eigenvalue weighted by atomic mass is 79.9. The van der Waals surface area contributed by atoms with E-state index in [9.17, 15) is 0 Å². The zero-order valence-electron chi connectivity index (χ0n) is 12.8. The average Bonchev–Trinajstić information content (AvgIpc) is 2.49. The van der Waals surface area contributed by atoms with Gasteiger partial charge in [0.2, 0.25) is 0 Å². The van der Waals surface area contributed by atoms with Crippen LogP contribution < -0.4 is 10.1 Å². The second kappa shape index (κ2) is 7.62. The van der Waals surface area contributed by atoms with Crippen molar-refractivity contribution in [1.29, 1.82) is 0 Å². The molecule has 0 aliphatic rings. The zero-order valence-corrected chi connectivity index (χ0v) is 14.4. The second-order valence-electron chi connectivity index (χ2n) is 5.34. The van der Waals surface area contributed by atoms with Gasteiger partial charge in [0.25, 0.3) is 0 Å². The molecular formula is C18H22BrNO. The smallest absolute Gasteiger partial charge is 0.122 e. The van der Waals surface area contributed by atoms with E-state index in [1.807, 2.05) is 19.2 Å². The van der Waals surface area contributed by atoms with E-state index in [1.165, 1.54) is 16.7 Å². The first-order valence-corrected chi connectivity index (χ1v) is 7.97. The molecule has 0 amide bonds. The number of ether oxygens (including phenoxy) is 1. The van der Waals surface area contributed by atoms with Crippen LogP contribution in [0.4, 0.5) is 0 Å². The summed E-state index contributed by atoms with van der Waals surface area (Å²) in [6.07, 6.45) is 1.94. The van der Waals surface area contributed by atoms with Crippen LogP contribution >= 0.6 is 15.9 Å². The molecule has 0 aromatic heterocycles. The van der Waals surface area contributed by atoms with Crippen LogP contribution in [0.1, 0.15) is 16.7 Å². The maximum atomic E-state index is 5.46. The van der Waals surface area contributed by atoms with Gasteiger partial charge in [-0.05, 0) is 56.1 Å². The Morgan fingerprint density at radius 3 is 2.43 bits per heavy atom. The van der Waals surface area contributed by atoms with Gasteiger partial charge in [0, 0.05) is 10.5 Å². The summed E-state index contributed by atoms with van der Waals surface area (Å²) in [5, 5.41) is 3.41. The van der Waals surface area contributed by atoms with Gasteiger partial charge >= 0.3 is 0 Å². The fraction of sp³-hybridized carbons (Fsp3) is 0.333. The van der Waals surface area contributed by atoms with E-state index in [-0.39, 0.29) is 0 Å². The highest BCUT2D eigenvalue weighted by molar-refractivity contribution is 9.10. The lowest BCUT2D eigenvalue weighted by Crippen LogP contribution is -2.30. The molecule has 0 saturated heterocycles. The van der Waals surface area contributed by atoms with Gasteiger partial charge in [-0.1, -0.05) is 45.8 Å². The normalized spacial score (nSPS) is 12.2. The van der Waals surface area contributed by atoms with E-state index < -0.39 is 0 Å². The van der Waals surface area contributed by atoms with E-state index in [4.69, 9.17) is 4.74 Å². The molecule has 0 aliphatic carbocycles. The summed E-state index contributed by atoms with van der Waals surface area (Å²) >= 11 is 3.54. The van der Waals surface area contributed by atoms with Crippen molar-refractivity contribution in [3.05, 3.63) is 63.6 Å². The molecule has 2 rings (SSSR count). The van der Waals surface area contributed by atoms with Crippen LogP contribution in [0.25, 0.3) is 0 Å². The molecule has 1 atom stereocenters. The van der Waals surface area contributed by atoms with E-state index >= 15 is 0 Å². The summed E-state index contributed by atoms with van der Waals surface area (Å²) in [5.74, 6) is 0.947. The molecular weight excluding hydrogens is 326 g/mol. The lowest BCUT2D eigenvalue weighted by Gasteiger charge is -2.18. The maximum absolute atomic E-state index is 5.46. The Balaban J connectivity index is 2.11. The predicted octanol–water partition coefficient (Wildman–Crippen LogP) is 4.14. The van der Waals surface area contributed by atoms with Crippen LogP contribution in [-0.2, 0) is 12.8 Å². The predicted molar refractivity (Wildman–Crippen MR) is 92.1 cm³/mol. The lowest BCUT2D eigenvalue weighted by molar-refractivity contribution is 0.405. The van der Waals surface area contributed by atoms with Crippen LogP contribution in [0, 0.1) is 6.92 Å². The average molecular weight is 348 g/mol. The van der Waals surface area contributed by atoms with E-state index in [2.05, 4.69) is 58.5 Å². The quantitative estimate of drug-likeness (QED) is 0.847. The van der Waals surface area contributed by atoms with Gasteiger partial charge in [0.05, 0.1) is 7.11 Å². The first-order chi connectivity index (χ1) is 10.1. The first kappa shape index (κ1) is 16.1. The van der Waals surface area contributed by atoms with Crippen LogP contribution in [0.3, 0.4) is 0 Å². The van der Waals surface area contributed by atoms with Crippen molar-refractivity contribution in [1.82, 2.24) is 5.32 Å². The number of hydrogen-bond acceptors (Lipinski definition) is 2. The third-order valence-corrected chi connectivity index (χ3v) is 4.21. The van der Waals surface area contributed by atoms with E-state index in [0.29, 0.717) is 6.04 Å². The van der Waals surface area contributed by atoms with Gasteiger partial charge < -0.3 is 10.1 Å². The van der Waals surface area contributed by atoms with E-state index in [1.54, 1.807) is 7.11 Å². The lowest BCUT2D eigenvalue weighted by atomic mass is 9.98. The first-order valence-electron chi connectivity index (χ1n) is 7.17. The van der Waals surface area contributed by atoms with E-state index in [0.717, 1.165) is 23.1 Å². The number of methoxy groups -OCH3 is 1. The number of hydrogen-bond donors (Lipinski definition) is 1. The minimum absolute atomic E-state index is 0.385. The Morgan fingerprint density at radius 2 is 1.81 bits per heavy atom. The molecule has 0 saturated carbocycles. The van der Waals surface area contributed by atoms with Gasteiger partial charge in [-0.2, -0.15) is 0 Å². The molecule has 3 heteroatoms. The maximum Gasteiger partial charge on any atom is 0.122 e. The Morgan fingerprint density at radius 1 is 1.10 bits per heavy atom. The largest absolute Gasteiger partial charge is 0.496 e. The van der Waals surface area contributed by atoms with Crippen LogP contribution in [0.5, 0.6) is 5.75 Å². The van der Waals surface area contributed by atoms with Crippen molar-refractivity contribution in [3.8, 4) is 5.75 Å². The second-order valence-corrected chi connectivity index (χ2v) is 6.25. The molecule has 0 bridgehead atoms. The SMILES string of the molecule is CNC(Cc1ccc(C)cc1)Cc1cc(Br)ccc1OC. The molecule has 0 spiro atoms. The minimum Gasteiger partial charge on any atom is -0.496 e. The summed E-state index contributed by atoms with van der Waals surface area (Å²) in [6, 6.07) is 15.3. The third-order valence-electron chi connectivity index (χ3n) is 3.72. The Kier molecular flexibility index (Phi) is 5.83. The Hall–Kier alpha value is -1.32. The number of nitrogens with one attached hydrogen (secondary N) is 1. The highest BCUT2D eigenvalue weighted by Crippen LogP contribution is 2.24. The van der Waals surface area contributed by atoms with Crippen molar-refractivity contribution >= 4 is 15.9 Å². The van der Waals surface area contributed by atoms with Gasteiger partial charge in [0.15, 0.2) is 0 Å². The molecule has 21 heavy (non-hydrogen) atoms. The molecule has 1 N–H and O–H groups in total. The molecule has 0 heterocycles. The number of aryl methyl sites for hydroxylation is 1. The van der Waals surface area contributed by atoms with Crippen LogP contribution in [0.15, 0.2) is 46.9 Å². The molecule has 0 aliphatic heterocycles. The van der Waals surface area contributed by atoms with Crippen LogP contribution in [0.2, 0.25) is 0 Å². The molecule has 0 radical (unpaired) electrons. The highest BCUT2D eigenvalue weighted by Gasteiger charge is 2.12. The van der Waals surface area contributed by atoms with Crippen molar-refractivity contribution < 1.29 is 4.74 Å². The monoisotopic (exact) mass is 347 g/mol. The van der Waals surface area contributed by atoms with Crippen molar-refractivity contribution in [2.45, 2.75) is 25.8 Å². The standard InChI is InChI=1S/C18H22BrNO/c1-13-4-6-14(7-5-13)10-17(20-2)12-15-11-16(19)8-9-18(15)21-3/h4-9,11,17,20H,10,12H2,1-3H3. The van der Waals surface area contributed by atoms with Crippen LogP contribution in [-0.4, -0.2) is 20.2 Å². The summed E-state index contributed by atoms with van der Waals surface area (Å²) in [4.78, 5) is 0. The molecule has 1 unspecified atom stereocenters.